The molecule has 4 amide bonds. The van der Waals surface area contributed by atoms with Gasteiger partial charge < -0.3 is 40.0 Å². The van der Waals surface area contributed by atoms with Crippen molar-refractivity contribution in [2.24, 2.45) is 5.73 Å². The number of esters is 2. The largest absolute Gasteiger partial charge is 0.497 e. The molecule has 1 aliphatic rings. The number of carbonyl (C=O) groups excluding carboxylic acids is 6. The van der Waals surface area contributed by atoms with Crippen molar-refractivity contribution in [1.82, 2.24) is 20.0 Å². The summed E-state index contributed by atoms with van der Waals surface area (Å²) < 4.78 is 15.0. The van der Waals surface area contributed by atoms with E-state index in [1.54, 1.807) is 24.3 Å². The van der Waals surface area contributed by atoms with Crippen LogP contribution < -0.4 is 15.8 Å². The van der Waals surface area contributed by atoms with Gasteiger partial charge in [-0.1, -0.05) is 24.3 Å². The van der Waals surface area contributed by atoms with Crippen LogP contribution in [0.5, 0.6) is 5.75 Å². The molecule has 16 heteroatoms. The van der Waals surface area contributed by atoms with Gasteiger partial charge in [0.1, 0.15) is 30.2 Å². The second-order valence-electron chi connectivity index (χ2n) is 10.6. The van der Waals surface area contributed by atoms with Crippen LogP contribution in [0, 0.1) is 5.41 Å². The molecule has 0 radical (unpaired) electrons. The molecule has 2 atom stereocenters. The molecule has 1 fully saturated rings. The number of piperazine rings is 1. The number of carbonyl (C=O) groups is 6. The van der Waals surface area contributed by atoms with Crippen molar-refractivity contribution in [2.45, 2.75) is 24.9 Å². The van der Waals surface area contributed by atoms with Gasteiger partial charge in [-0.15, -0.1) is 12.4 Å². The highest BCUT2D eigenvalue weighted by molar-refractivity contribution is 6.01. The van der Waals surface area contributed by atoms with Crippen molar-refractivity contribution in [1.29, 1.82) is 5.41 Å². The fourth-order valence-electron chi connectivity index (χ4n) is 4.61. The summed E-state index contributed by atoms with van der Waals surface area (Å²) in [5.41, 5.74) is 6.81. The van der Waals surface area contributed by atoms with Crippen LogP contribution in [-0.4, -0.2) is 123 Å². The molecule has 0 spiro atoms. The first-order valence-corrected chi connectivity index (χ1v) is 14.2. The van der Waals surface area contributed by atoms with E-state index in [1.165, 1.54) is 55.3 Å². The van der Waals surface area contributed by atoms with Gasteiger partial charge in [-0.05, 0) is 29.8 Å². The summed E-state index contributed by atoms with van der Waals surface area (Å²) in [6.07, 6.45) is -0.465. The maximum atomic E-state index is 14.1. The second-order valence-corrected chi connectivity index (χ2v) is 10.6. The molecule has 47 heavy (non-hydrogen) atoms. The Morgan fingerprint density at radius 1 is 0.979 bits per heavy atom. The van der Waals surface area contributed by atoms with Gasteiger partial charge in [0.05, 0.1) is 20.6 Å². The van der Waals surface area contributed by atoms with Crippen LogP contribution >= 0.6 is 12.4 Å². The number of nitrogens with zero attached hydrogens (tertiary/aromatic N) is 3. The van der Waals surface area contributed by atoms with E-state index in [2.05, 4.69) is 5.32 Å². The van der Waals surface area contributed by atoms with E-state index in [0.29, 0.717) is 16.9 Å². The maximum absolute atomic E-state index is 14.1. The number of nitrogens with one attached hydrogen (secondary N) is 2. The summed E-state index contributed by atoms with van der Waals surface area (Å²) in [4.78, 5) is 81.1. The second kappa shape index (κ2) is 17.5. The number of nitrogen functional groups attached to an aromatic ring is 1. The quantitative estimate of drug-likeness (QED) is 0.147. The lowest BCUT2D eigenvalue weighted by Gasteiger charge is -2.41. The minimum absolute atomic E-state index is 0. The van der Waals surface area contributed by atoms with Gasteiger partial charge in [-0.2, -0.15) is 0 Å². The van der Waals surface area contributed by atoms with Gasteiger partial charge in [0.15, 0.2) is 6.61 Å². The van der Waals surface area contributed by atoms with Crippen LogP contribution in [0.1, 0.15) is 27.9 Å². The highest BCUT2D eigenvalue weighted by Crippen LogP contribution is 2.20. The first kappa shape index (κ1) is 38.0. The number of halogens is 1. The maximum Gasteiger partial charge on any atom is 0.326 e. The Balaban J connectivity index is 0.00000768. The summed E-state index contributed by atoms with van der Waals surface area (Å²) in [5.74, 6) is -3.55. The van der Waals surface area contributed by atoms with Gasteiger partial charge in [0.2, 0.25) is 11.8 Å². The highest BCUT2D eigenvalue weighted by Gasteiger charge is 2.42. The van der Waals surface area contributed by atoms with E-state index >= 15 is 0 Å². The number of hydrogen-bond donors (Lipinski definition) is 3. The molecule has 1 saturated heterocycles. The number of rotatable bonds is 13. The Kier molecular flexibility index (Phi) is 14.1. The van der Waals surface area contributed by atoms with Crippen LogP contribution in [0.15, 0.2) is 48.5 Å². The van der Waals surface area contributed by atoms with Crippen molar-refractivity contribution < 1.29 is 43.0 Å². The minimum Gasteiger partial charge on any atom is -0.497 e. The van der Waals surface area contributed by atoms with Gasteiger partial charge in [-0.3, -0.25) is 34.2 Å². The van der Waals surface area contributed by atoms with Crippen LogP contribution in [0.25, 0.3) is 0 Å². The van der Waals surface area contributed by atoms with Gasteiger partial charge >= 0.3 is 11.9 Å². The number of amidine groups is 1. The Morgan fingerprint density at radius 3 is 2.15 bits per heavy atom. The summed E-state index contributed by atoms with van der Waals surface area (Å²) in [7, 11) is 5.66. The summed E-state index contributed by atoms with van der Waals surface area (Å²) in [6.45, 7) is -1.15. The number of hydrogen-bond acceptors (Lipinski definition) is 10. The fraction of sp³-hybridized carbons (Fsp3) is 0.387. The molecule has 0 unspecified atom stereocenters. The monoisotopic (exact) mass is 674 g/mol. The topological polar surface area (TPSA) is 202 Å². The smallest absolute Gasteiger partial charge is 0.326 e. The predicted octanol–water partition coefficient (Wildman–Crippen LogP) is -0.0239. The van der Waals surface area contributed by atoms with E-state index < -0.39 is 67.2 Å². The van der Waals surface area contributed by atoms with Crippen molar-refractivity contribution in [3.63, 3.8) is 0 Å². The molecule has 1 heterocycles. The Labute approximate surface area is 278 Å². The molecule has 0 saturated carbocycles. The lowest BCUT2D eigenvalue weighted by Crippen LogP contribution is -2.63. The number of amides is 4. The number of likely N-dealkylation sites (N-methyl/N-ethyl adjacent to an activating group) is 1. The lowest BCUT2D eigenvalue weighted by atomic mass is 10.0. The van der Waals surface area contributed by atoms with E-state index in [0.717, 1.165) is 12.0 Å². The first-order chi connectivity index (χ1) is 21.8. The average Bonchev–Trinajstić information content (AvgIpc) is 3.04. The third-order valence-electron chi connectivity index (χ3n) is 7.29. The first-order valence-electron chi connectivity index (χ1n) is 14.2. The van der Waals surface area contributed by atoms with Crippen molar-refractivity contribution in [3.8, 4) is 5.75 Å². The zero-order valence-electron chi connectivity index (χ0n) is 26.5. The third kappa shape index (κ3) is 10.4. The van der Waals surface area contributed by atoms with E-state index in [9.17, 15) is 28.8 Å². The molecule has 2 aromatic carbocycles. The molecular weight excluding hydrogens is 636 g/mol. The van der Waals surface area contributed by atoms with Crippen molar-refractivity contribution >= 4 is 53.8 Å². The zero-order chi connectivity index (χ0) is 34.0. The molecule has 254 valence electrons. The van der Waals surface area contributed by atoms with Gasteiger partial charge in [0, 0.05) is 44.7 Å². The molecule has 2 aromatic rings. The van der Waals surface area contributed by atoms with Gasteiger partial charge in [-0.25, -0.2) is 0 Å². The molecular formula is C31H39ClN6O9. The Morgan fingerprint density at radius 2 is 1.60 bits per heavy atom. The number of nitrogens with two attached hydrogens (primary N) is 1. The zero-order valence-corrected chi connectivity index (χ0v) is 27.3. The van der Waals surface area contributed by atoms with Crippen molar-refractivity contribution in [3.05, 3.63) is 65.2 Å². The SMILES string of the molecule is COC(=O)C[C@H]1C(=O)N(CC(=O)OCC(=O)N(C)C)CCN1C(=O)[C@H](Cc1ccc(OC)cc1)NC(=O)c1ccc(C(=N)N)cc1.Cl. The third-order valence-corrected chi connectivity index (χ3v) is 7.29. The van der Waals surface area contributed by atoms with E-state index in [-0.39, 0.29) is 43.3 Å². The highest BCUT2D eigenvalue weighted by atomic mass is 35.5. The fourth-order valence-corrected chi connectivity index (χ4v) is 4.61. The average molecular weight is 675 g/mol. The predicted molar refractivity (Wildman–Crippen MR) is 171 cm³/mol. The molecule has 3 rings (SSSR count). The Bertz CT molecular complexity index is 1470. The number of benzene rings is 2. The van der Waals surface area contributed by atoms with Crippen LogP contribution in [-0.2, 0) is 39.9 Å². The molecule has 1 aliphatic heterocycles. The van der Waals surface area contributed by atoms with E-state index in [1.807, 2.05) is 0 Å². The minimum atomic E-state index is -1.34. The summed E-state index contributed by atoms with van der Waals surface area (Å²) >= 11 is 0. The van der Waals surface area contributed by atoms with Crippen LogP contribution in [0.4, 0.5) is 0 Å². The van der Waals surface area contributed by atoms with Crippen molar-refractivity contribution in [2.75, 3.05) is 54.6 Å². The molecule has 0 aromatic heterocycles. The molecule has 0 bridgehead atoms. The Hall–Kier alpha value is -5.18. The summed E-state index contributed by atoms with van der Waals surface area (Å²) in [6, 6.07) is 10.3. The number of methoxy groups -OCH3 is 2. The van der Waals surface area contributed by atoms with Crippen LogP contribution in [0.3, 0.4) is 0 Å². The normalized spacial score (nSPS) is 14.6. The van der Waals surface area contributed by atoms with Gasteiger partial charge in [0.25, 0.3) is 11.8 Å². The standard InChI is InChI=1S/C31H38N6O9.ClH/c1-35(2)25(38)18-46-27(40)17-36-13-14-37(24(31(36)43)16-26(39)45-4)30(42)23(15-19-5-11-22(44-3)12-6-19)34-29(41)21-9-7-20(8-10-21)28(32)33;/h5-12,23-24H,13-18H2,1-4H3,(H3,32,33)(H,34,41);1H/t23-,24-;/m0./s1. The number of ether oxygens (including phenoxy) is 3. The van der Waals surface area contributed by atoms with Crippen LogP contribution in [0.2, 0.25) is 0 Å². The molecule has 4 N–H and O–H groups in total. The molecule has 15 nitrogen and oxygen atoms in total. The summed E-state index contributed by atoms with van der Waals surface area (Å²) in [5, 5.41) is 10.3. The van der Waals surface area contributed by atoms with E-state index in [4.69, 9.17) is 25.4 Å². The molecule has 0 aliphatic carbocycles. The lowest BCUT2D eigenvalue weighted by molar-refractivity contribution is -0.161.